The average Bonchev–Trinajstić information content (AvgIpc) is 2.67. The maximum atomic E-state index is 12.7. The van der Waals surface area contributed by atoms with Crippen molar-refractivity contribution in [1.82, 2.24) is 4.90 Å². The molecule has 0 aliphatic carbocycles. The molecule has 2 aromatic carbocycles. The Bertz CT molecular complexity index is 854. The molecule has 27 heavy (non-hydrogen) atoms. The summed E-state index contributed by atoms with van der Waals surface area (Å²) in [5, 5.41) is 12.2. The molecule has 1 aliphatic rings. The first kappa shape index (κ1) is 19.7. The lowest BCUT2D eigenvalue weighted by atomic mass is 10.1. The van der Waals surface area contributed by atoms with Gasteiger partial charge in [-0.1, -0.05) is 29.8 Å². The van der Waals surface area contributed by atoms with E-state index in [2.05, 4.69) is 7.05 Å². The topological polar surface area (TPSA) is 67.9 Å². The fraction of sp³-hybridized carbons (Fsp3) is 0.316. The van der Waals surface area contributed by atoms with Gasteiger partial charge in [-0.3, -0.25) is 14.9 Å². The number of piperazine rings is 1. The van der Waals surface area contributed by atoms with Crippen LogP contribution in [0.3, 0.4) is 0 Å². The molecule has 1 heterocycles. The monoisotopic (exact) mass is 406 g/mol. The lowest BCUT2D eigenvalue weighted by Crippen LogP contribution is -3.12. The molecule has 1 amide bonds. The van der Waals surface area contributed by atoms with E-state index in [0.717, 1.165) is 18.7 Å². The number of hydrogen-bond donors (Lipinski definition) is 1. The van der Waals surface area contributed by atoms with Crippen LogP contribution in [0.15, 0.2) is 47.4 Å². The van der Waals surface area contributed by atoms with Gasteiger partial charge in [0.05, 0.1) is 43.0 Å². The zero-order valence-corrected chi connectivity index (χ0v) is 16.6. The summed E-state index contributed by atoms with van der Waals surface area (Å²) in [4.78, 5) is 27.5. The number of rotatable bonds is 5. The Morgan fingerprint density at radius 2 is 1.96 bits per heavy atom. The average molecular weight is 407 g/mol. The Labute approximate surface area is 167 Å². The van der Waals surface area contributed by atoms with Gasteiger partial charge in [0.15, 0.2) is 0 Å². The van der Waals surface area contributed by atoms with Gasteiger partial charge in [0.2, 0.25) is 0 Å². The van der Waals surface area contributed by atoms with Crippen molar-refractivity contribution in [2.75, 3.05) is 33.2 Å². The summed E-state index contributed by atoms with van der Waals surface area (Å²) in [6.45, 7) is 3.11. The summed E-state index contributed by atoms with van der Waals surface area (Å²) < 4.78 is 0. The Morgan fingerprint density at radius 3 is 2.63 bits per heavy atom. The van der Waals surface area contributed by atoms with Crippen molar-refractivity contribution in [2.24, 2.45) is 0 Å². The molecule has 6 nitrogen and oxygen atoms in total. The van der Waals surface area contributed by atoms with Gasteiger partial charge < -0.3 is 9.80 Å². The first-order valence-corrected chi connectivity index (χ1v) is 10.1. The number of amides is 1. The lowest BCUT2D eigenvalue weighted by Gasteiger charge is -2.30. The van der Waals surface area contributed by atoms with Crippen molar-refractivity contribution >= 4 is 35.0 Å². The van der Waals surface area contributed by atoms with Crippen LogP contribution in [-0.4, -0.2) is 49.0 Å². The van der Waals surface area contributed by atoms with Crippen LogP contribution in [0.25, 0.3) is 0 Å². The van der Waals surface area contributed by atoms with Crippen molar-refractivity contribution in [3.05, 3.63) is 68.7 Å². The zero-order chi connectivity index (χ0) is 19.4. The SMILES string of the molecule is C[NH+]1CCN(C(=O)c2ccc(SCc3ccccc3Cl)c([N+](=O)[O-])c2)CC1. The number of benzene rings is 2. The number of likely N-dealkylation sites (N-methyl/N-ethyl adjacent to an activating group) is 1. The van der Waals surface area contributed by atoms with Crippen LogP contribution in [0, 0.1) is 10.1 Å². The third-order valence-electron chi connectivity index (χ3n) is 4.65. The summed E-state index contributed by atoms with van der Waals surface area (Å²) in [6.07, 6.45) is 0. The summed E-state index contributed by atoms with van der Waals surface area (Å²) in [5.41, 5.74) is 1.24. The van der Waals surface area contributed by atoms with E-state index in [1.54, 1.807) is 23.1 Å². The van der Waals surface area contributed by atoms with Crippen molar-refractivity contribution in [3.63, 3.8) is 0 Å². The van der Waals surface area contributed by atoms with Gasteiger partial charge in [-0.05, 0) is 23.8 Å². The number of nitrogens with zero attached hydrogens (tertiary/aromatic N) is 2. The number of nitrogens with one attached hydrogen (secondary N) is 1. The number of halogens is 1. The second kappa shape index (κ2) is 8.73. The van der Waals surface area contributed by atoms with E-state index in [9.17, 15) is 14.9 Å². The first-order chi connectivity index (χ1) is 13.0. The van der Waals surface area contributed by atoms with Crippen LogP contribution in [0.1, 0.15) is 15.9 Å². The zero-order valence-electron chi connectivity index (χ0n) is 15.0. The molecule has 1 aliphatic heterocycles. The van der Waals surface area contributed by atoms with E-state index in [0.29, 0.717) is 34.3 Å². The maximum absolute atomic E-state index is 12.7. The van der Waals surface area contributed by atoms with E-state index < -0.39 is 4.92 Å². The number of carbonyl (C=O) groups excluding carboxylic acids is 1. The second-order valence-electron chi connectivity index (χ2n) is 6.57. The highest BCUT2D eigenvalue weighted by molar-refractivity contribution is 7.98. The van der Waals surface area contributed by atoms with E-state index in [1.807, 2.05) is 18.2 Å². The van der Waals surface area contributed by atoms with Crippen LogP contribution in [0.4, 0.5) is 5.69 Å². The summed E-state index contributed by atoms with van der Waals surface area (Å²) in [5.74, 6) is 0.378. The van der Waals surface area contributed by atoms with E-state index in [-0.39, 0.29) is 11.6 Å². The Hall–Kier alpha value is -2.09. The molecule has 142 valence electrons. The minimum Gasteiger partial charge on any atom is -0.334 e. The largest absolute Gasteiger partial charge is 0.334 e. The molecule has 0 aromatic heterocycles. The Morgan fingerprint density at radius 1 is 1.26 bits per heavy atom. The fourth-order valence-electron chi connectivity index (χ4n) is 2.96. The van der Waals surface area contributed by atoms with Crippen LogP contribution in [0.2, 0.25) is 5.02 Å². The van der Waals surface area contributed by atoms with Gasteiger partial charge >= 0.3 is 0 Å². The van der Waals surface area contributed by atoms with Gasteiger partial charge in [0.1, 0.15) is 0 Å². The van der Waals surface area contributed by atoms with Crippen LogP contribution < -0.4 is 4.90 Å². The van der Waals surface area contributed by atoms with E-state index >= 15 is 0 Å². The van der Waals surface area contributed by atoms with E-state index in [4.69, 9.17) is 11.6 Å². The molecule has 0 spiro atoms. The van der Waals surface area contributed by atoms with Crippen molar-refractivity contribution in [1.29, 1.82) is 0 Å². The summed E-state index contributed by atoms with van der Waals surface area (Å²) in [6, 6.07) is 12.2. The Kier molecular flexibility index (Phi) is 6.36. The third-order valence-corrected chi connectivity index (χ3v) is 6.13. The standard InChI is InChI=1S/C19H20ClN3O3S/c1-21-8-10-22(11-9-21)19(24)14-6-7-18(17(12-14)23(25)26)27-13-15-4-2-3-5-16(15)20/h2-7,12H,8-11,13H2,1H3/p+1. The molecule has 3 rings (SSSR count). The molecule has 0 radical (unpaired) electrons. The molecule has 0 bridgehead atoms. The molecule has 2 aromatic rings. The molecule has 1 N–H and O–H groups in total. The van der Waals surface area contributed by atoms with Crippen molar-refractivity contribution in [2.45, 2.75) is 10.6 Å². The molecule has 0 unspecified atom stereocenters. The van der Waals surface area contributed by atoms with Crippen molar-refractivity contribution < 1.29 is 14.6 Å². The molecule has 0 atom stereocenters. The van der Waals surface area contributed by atoms with Gasteiger partial charge in [0.25, 0.3) is 11.6 Å². The number of nitro groups is 1. The minimum atomic E-state index is -0.431. The van der Waals surface area contributed by atoms with Gasteiger partial charge in [-0.2, -0.15) is 0 Å². The van der Waals surface area contributed by atoms with Gasteiger partial charge in [0, 0.05) is 22.4 Å². The number of hydrogen-bond acceptors (Lipinski definition) is 4. The van der Waals surface area contributed by atoms with Crippen LogP contribution in [-0.2, 0) is 5.75 Å². The molecule has 1 saturated heterocycles. The van der Waals surface area contributed by atoms with Crippen LogP contribution in [0.5, 0.6) is 0 Å². The Balaban J connectivity index is 1.77. The third kappa shape index (κ3) is 4.80. The smallest absolute Gasteiger partial charge is 0.283 e. The summed E-state index contributed by atoms with van der Waals surface area (Å²) >= 11 is 7.50. The molecule has 0 saturated carbocycles. The van der Waals surface area contributed by atoms with Crippen LogP contribution >= 0.6 is 23.4 Å². The highest BCUT2D eigenvalue weighted by Gasteiger charge is 2.25. The minimum absolute atomic E-state index is 0.0438. The highest BCUT2D eigenvalue weighted by atomic mass is 35.5. The normalized spacial score (nSPS) is 15.0. The maximum Gasteiger partial charge on any atom is 0.283 e. The number of carbonyl (C=O) groups is 1. The van der Waals surface area contributed by atoms with E-state index in [1.165, 1.54) is 22.7 Å². The lowest BCUT2D eigenvalue weighted by molar-refractivity contribution is -0.883. The number of thioether (sulfide) groups is 1. The highest BCUT2D eigenvalue weighted by Crippen LogP contribution is 2.34. The molecular formula is C19H21ClN3O3S+. The second-order valence-corrected chi connectivity index (χ2v) is 7.99. The quantitative estimate of drug-likeness (QED) is 0.470. The molecule has 1 fully saturated rings. The summed E-state index contributed by atoms with van der Waals surface area (Å²) in [7, 11) is 2.09. The van der Waals surface area contributed by atoms with Crippen molar-refractivity contribution in [3.8, 4) is 0 Å². The number of quaternary nitrogens is 1. The molecular weight excluding hydrogens is 386 g/mol. The molecule has 8 heteroatoms. The first-order valence-electron chi connectivity index (χ1n) is 8.71. The van der Waals surface area contributed by atoms with Gasteiger partial charge in [-0.15, -0.1) is 11.8 Å². The number of nitro benzene ring substituents is 1. The predicted octanol–water partition coefficient (Wildman–Crippen LogP) is 2.51. The van der Waals surface area contributed by atoms with Gasteiger partial charge in [-0.25, -0.2) is 0 Å². The predicted molar refractivity (Wildman–Crippen MR) is 107 cm³/mol. The fourth-order valence-corrected chi connectivity index (χ4v) is 4.25.